The van der Waals surface area contributed by atoms with Crippen LogP contribution >= 0.6 is 0 Å². The second kappa shape index (κ2) is 6.24. The van der Waals surface area contributed by atoms with E-state index in [0.717, 1.165) is 25.8 Å². The molecule has 1 aromatic rings. The average Bonchev–Trinajstić information content (AvgIpc) is 2.75. The minimum absolute atomic E-state index is 0.158. The summed E-state index contributed by atoms with van der Waals surface area (Å²) in [6, 6.07) is 0.574. The number of nitrogens with one attached hydrogen (secondary N) is 1. The van der Waals surface area contributed by atoms with E-state index in [1.54, 1.807) is 17.9 Å². The molecule has 20 heavy (non-hydrogen) atoms. The van der Waals surface area contributed by atoms with Crippen molar-refractivity contribution in [2.75, 3.05) is 13.6 Å². The third-order valence-corrected chi connectivity index (χ3v) is 5.63. The largest absolute Gasteiger partial charge is 0.313 e. The zero-order valence-electron chi connectivity index (χ0n) is 12.4. The Morgan fingerprint density at radius 3 is 2.75 bits per heavy atom. The molecule has 0 radical (unpaired) electrons. The molecule has 1 aliphatic carbocycles. The van der Waals surface area contributed by atoms with Crippen molar-refractivity contribution in [3.8, 4) is 0 Å². The molecule has 0 saturated heterocycles. The van der Waals surface area contributed by atoms with Crippen molar-refractivity contribution < 1.29 is 8.42 Å². The molecule has 7 heteroatoms. The molecule has 1 fully saturated rings. The fourth-order valence-corrected chi connectivity index (χ4v) is 3.55. The molecule has 0 bridgehead atoms. The van der Waals surface area contributed by atoms with Crippen LogP contribution in [-0.4, -0.2) is 48.2 Å². The molecule has 2 rings (SSSR count). The van der Waals surface area contributed by atoms with Crippen LogP contribution in [0.2, 0.25) is 0 Å². The smallest absolute Gasteiger partial charge is 0.246 e. The van der Waals surface area contributed by atoms with Gasteiger partial charge in [0.1, 0.15) is 4.90 Å². The van der Waals surface area contributed by atoms with Gasteiger partial charge < -0.3 is 5.32 Å². The van der Waals surface area contributed by atoms with Gasteiger partial charge in [-0.15, -0.1) is 0 Å². The Morgan fingerprint density at radius 2 is 2.20 bits per heavy atom. The first-order valence-corrected chi connectivity index (χ1v) is 8.59. The van der Waals surface area contributed by atoms with E-state index in [1.165, 1.54) is 10.5 Å². The summed E-state index contributed by atoms with van der Waals surface area (Å²) in [6.45, 7) is 5.59. The Kier molecular flexibility index (Phi) is 4.82. The van der Waals surface area contributed by atoms with Crippen LogP contribution in [0.15, 0.2) is 17.3 Å². The lowest BCUT2D eigenvalue weighted by atomic mass is 9.94. The normalized spacial score (nSPS) is 16.9. The fraction of sp³-hybridized carbons (Fsp3) is 0.769. The van der Waals surface area contributed by atoms with Crippen LogP contribution < -0.4 is 5.32 Å². The Bertz CT molecular complexity index is 534. The first kappa shape index (κ1) is 15.5. The minimum atomic E-state index is -3.39. The summed E-state index contributed by atoms with van der Waals surface area (Å²) in [5.74, 6) is 0. The predicted octanol–water partition coefficient (Wildman–Crippen LogP) is 1.05. The van der Waals surface area contributed by atoms with Crippen LogP contribution in [0.4, 0.5) is 0 Å². The Labute approximate surface area is 121 Å². The number of aromatic nitrogens is 2. The van der Waals surface area contributed by atoms with Crippen molar-refractivity contribution in [3.63, 3.8) is 0 Å². The Morgan fingerprint density at radius 1 is 1.50 bits per heavy atom. The lowest BCUT2D eigenvalue weighted by Crippen LogP contribution is -2.41. The van der Waals surface area contributed by atoms with Crippen molar-refractivity contribution >= 4 is 10.0 Å². The van der Waals surface area contributed by atoms with Crippen molar-refractivity contribution in [1.29, 1.82) is 0 Å². The first-order chi connectivity index (χ1) is 9.41. The molecule has 6 nitrogen and oxygen atoms in total. The van der Waals surface area contributed by atoms with Gasteiger partial charge in [0.25, 0.3) is 0 Å². The van der Waals surface area contributed by atoms with E-state index < -0.39 is 10.0 Å². The summed E-state index contributed by atoms with van der Waals surface area (Å²) >= 11 is 0. The SMILES string of the molecule is CC(C)NCCn1cc(S(=O)(=O)N(C)C2CCC2)cn1. The summed E-state index contributed by atoms with van der Waals surface area (Å²) < 4.78 is 28.0. The van der Waals surface area contributed by atoms with Crippen LogP contribution in [0.3, 0.4) is 0 Å². The molecule has 0 atom stereocenters. The summed E-state index contributed by atoms with van der Waals surface area (Å²) in [7, 11) is -1.73. The van der Waals surface area contributed by atoms with Gasteiger partial charge in [-0.05, 0) is 12.8 Å². The Hall–Kier alpha value is -0.920. The molecular formula is C13H24N4O2S. The van der Waals surface area contributed by atoms with Crippen molar-refractivity contribution in [2.24, 2.45) is 0 Å². The van der Waals surface area contributed by atoms with E-state index in [-0.39, 0.29) is 10.9 Å². The van der Waals surface area contributed by atoms with Gasteiger partial charge in [0.2, 0.25) is 10.0 Å². The molecule has 1 heterocycles. The third kappa shape index (κ3) is 3.39. The average molecular weight is 300 g/mol. The van der Waals surface area contributed by atoms with Gasteiger partial charge in [-0.2, -0.15) is 9.40 Å². The third-order valence-electron chi connectivity index (χ3n) is 3.77. The molecule has 1 N–H and O–H groups in total. The van der Waals surface area contributed by atoms with E-state index in [9.17, 15) is 8.42 Å². The first-order valence-electron chi connectivity index (χ1n) is 7.15. The van der Waals surface area contributed by atoms with Crippen molar-refractivity contribution in [1.82, 2.24) is 19.4 Å². The zero-order chi connectivity index (χ0) is 14.8. The highest BCUT2D eigenvalue weighted by molar-refractivity contribution is 7.89. The summed E-state index contributed by atoms with van der Waals surface area (Å²) in [4.78, 5) is 0.288. The predicted molar refractivity (Wildman–Crippen MR) is 78.0 cm³/mol. The van der Waals surface area contributed by atoms with Gasteiger partial charge in [0.15, 0.2) is 0 Å². The van der Waals surface area contributed by atoms with Gasteiger partial charge in [-0.25, -0.2) is 8.42 Å². The van der Waals surface area contributed by atoms with Crippen LogP contribution in [0.5, 0.6) is 0 Å². The van der Waals surface area contributed by atoms with Gasteiger partial charge in [0.05, 0.1) is 12.7 Å². The Balaban J connectivity index is 1.99. The number of nitrogens with zero attached hydrogens (tertiary/aromatic N) is 3. The van der Waals surface area contributed by atoms with Gasteiger partial charge in [-0.1, -0.05) is 20.3 Å². The summed E-state index contributed by atoms with van der Waals surface area (Å²) in [5.41, 5.74) is 0. The van der Waals surface area contributed by atoms with Gasteiger partial charge in [-0.3, -0.25) is 4.68 Å². The standard InChI is InChI=1S/C13H24N4O2S/c1-11(2)14-7-8-17-10-13(9-15-17)20(18,19)16(3)12-5-4-6-12/h9-12,14H,4-8H2,1-3H3. The maximum Gasteiger partial charge on any atom is 0.246 e. The highest BCUT2D eigenvalue weighted by Gasteiger charge is 2.32. The molecule has 114 valence electrons. The molecule has 1 aromatic heterocycles. The van der Waals surface area contributed by atoms with E-state index >= 15 is 0 Å². The molecule has 1 saturated carbocycles. The molecule has 0 spiro atoms. The topological polar surface area (TPSA) is 67.2 Å². The molecule has 0 unspecified atom stereocenters. The van der Waals surface area contributed by atoms with Crippen LogP contribution in [-0.2, 0) is 16.6 Å². The number of rotatable bonds is 7. The number of sulfonamides is 1. The fourth-order valence-electron chi connectivity index (χ4n) is 2.18. The number of hydrogen-bond acceptors (Lipinski definition) is 4. The van der Waals surface area contributed by atoms with Crippen LogP contribution in [0, 0.1) is 0 Å². The molecule has 0 aromatic carbocycles. The number of hydrogen-bond donors (Lipinski definition) is 1. The second-order valence-electron chi connectivity index (χ2n) is 5.65. The van der Waals surface area contributed by atoms with Crippen molar-refractivity contribution in [2.45, 2.75) is 56.6 Å². The quantitative estimate of drug-likeness (QED) is 0.817. The van der Waals surface area contributed by atoms with Crippen LogP contribution in [0.1, 0.15) is 33.1 Å². The molecule has 1 aliphatic rings. The van der Waals surface area contributed by atoms with E-state index in [0.29, 0.717) is 12.6 Å². The molecular weight excluding hydrogens is 276 g/mol. The maximum absolute atomic E-state index is 12.4. The maximum atomic E-state index is 12.4. The van der Waals surface area contributed by atoms with E-state index in [1.807, 2.05) is 0 Å². The minimum Gasteiger partial charge on any atom is -0.313 e. The lowest BCUT2D eigenvalue weighted by Gasteiger charge is -2.33. The molecule has 0 amide bonds. The summed E-state index contributed by atoms with van der Waals surface area (Å²) in [6.07, 6.45) is 6.10. The van der Waals surface area contributed by atoms with E-state index in [4.69, 9.17) is 0 Å². The van der Waals surface area contributed by atoms with Crippen LogP contribution in [0.25, 0.3) is 0 Å². The molecule has 0 aliphatic heterocycles. The van der Waals surface area contributed by atoms with Gasteiger partial charge in [0, 0.05) is 31.9 Å². The monoisotopic (exact) mass is 300 g/mol. The van der Waals surface area contributed by atoms with E-state index in [2.05, 4.69) is 24.3 Å². The van der Waals surface area contributed by atoms with Crippen molar-refractivity contribution in [3.05, 3.63) is 12.4 Å². The van der Waals surface area contributed by atoms with Gasteiger partial charge >= 0.3 is 0 Å². The zero-order valence-corrected chi connectivity index (χ0v) is 13.2. The second-order valence-corrected chi connectivity index (χ2v) is 7.65. The lowest BCUT2D eigenvalue weighted by molar-refractivity contribution is 0.249. The highest BCUT2D eigenvalue weighted by Crippen LogP contribution is 2.28. The highest BCUT2D eigenvalue weighted by atomic mass is 32.2. The summed E-state index contributed by atoms with van der Waals surface area (Å²) in [5, 5.41) is 7.42.